The molecule has 1 aliphatic rings. The first-order valence-corrected chi connectivity index (χ1v) is 7.27. The molecule has 0 heterocycles. The fourth-order valence-electron chi connectivity index (χ4n) is 2.60. The van der Waals surface area contributed by atoms with Crippen LogP contribution in [-0.4, -0.2) is 11.1 Å². The van der Waals surface area contributed by atoms with E-state index in [1.165, 1.54) is 29.7 Å². The average Bonchev–Trinajstić information content (AvgIpc) is 2.93. The summed E-state index contributed by atoms with van der Waals surface area (Å²) >= 11 is 6.09. The van der Waals surface area contributed by atoms with E-state index in [1.54, 1.807) is 6.07 Å². The highest BCUT2D eigenvalue weighted by Gasteiger charge is 2.12. The fourth-order valence-corrected chi connectivity index (χ4v) is 2.83. The largest absolute Gasteiger partial charge is 0.489 e. The van der Waals surface area contributed by atoms with Crippen molar-refractivity contribution in [2.24, 2.45) is 0 Å². The van der Waals surface area contributed by atoms with Gasteiger partial charge in [0.15, 0.2) is 0 Å². The summed E-state index contributed by atoms with van der Waals surface area (Å²) in [5.74, 6) is -0.156. The van der Waals surface area contributed by atoms with Gasteiger partial charge in [0.05, 0.1) is 5.56 Å². The first-order valence-electron chi connectivity index (χ1n) is 6.90. The minimum Gasteiger partial charge on any atom is -0.489 e. The van der Waals surface area contributed by atoms with Crippen LogP contribution < -0.4 is 4.74 Å². The molecule has 0 aromatic heterocycles. The van der Waals surface area contributed by atoms with Gasteiger partial charge in [-0.05, 0) is 54.7 Å². The van der Waals surface area contributed by atoms with Crippen molar-refractivity contribution in [2.45, 2.75) is 25.9 Å². The van der Waals surface area contributed by atoms with Crippen LogP contribution >= 0.6 is 11.6 Å². The van der Waals surface area contributed by atoms with Crippen molar-refractivity contribution in [1.82, 2.24) is 0 Å². The van der Waals surface area contributed by atoms with Crippen molar-refractivity contribution in [1.29, 1.82) is 0 Å². The smallest absolute Gasteiger partial charge is 0.335 e. The maximum atomic E-state index is 10.9. The van der Waals surface area contributed by atoms with E-state index in [-0.39, 0.29) is 5.56 Å². The summed E-state index contributed by atoms with van der Waals surface area (Å²) < 4.78 is 5.77. The van der Waals surface area contributed by atoms with E-state index in [1.807, 2.05) is 6.07 Å². The molecule has 0 fully saturated rings. The summed E-state index contributed by atoms with van der Waals surface area (Å²) in [7, 11) is 0. The third kappa shape index (κ3) is 3.03. The van der Waals surface area contributed by atoms with Gasteiger partial charge in [-0.1, -0.05) is 23.7 Å². The second-order valence-corrected chi connectivity index (χ2v) is 5.59. The highest BCUT2D eigenvalue weighted by molar-refractivity contribution is 6.31. The molecule has 1 N–H and O–H groups in total. The van der Waals surface area contributed by atoms with Crippen LogP contribution in [0.4, 0.5) is 0 Å². The van der Waals surface area contributed by atoms with Crippen LogP contribution in [0.1, 0.15) is 33.5 Å². The lowest BCUT2D eigenvalue weighted by atomic mass is 10.1. The zero-order chi connectivity index (χ0) is 14.8. The molecule has 0 atom stereocenters. The third-order valence-corrected chi connectivity index (χ3v) is 4.12. The Morgan fingerprint density at radius 2 is 1.95 bits per heavy atom. The van der Waals surface area contributed by atoms with E-state index >= 15 is 0 Å². The molecule has 3 nitrogen and oxygen atoms in total. The van der Waals surface area contributed by atoms with E-state index in [9.17, 15) is 4.79 Å². The van der Waals surface area contributed by atoms with Gasteiger partial charge in [0.25, 0.3) is 0 Å². The molecule has 0 radical (unpaired) electrons. The molecule has 108 valence electrons. The first kappa shape index (κ1) is 14.0. The van der Waals surface area contributed by atoms with E-state index in [0.717, 1.165) is 24.2 Å². The van der Waals surface area contributed by atoms with E-state index in [0.29, 0.717) is 11.6 Å². The summed E-state index contributed by atoms with van der Waals surface area (Å²) in [4.78, 5) is 10.9. The minimum absolute atomic E-state index is 0.182. The van der Waals surface area contributed by atoms with Crippen LogP contribution in [0.15, 0.2) is 36.4 Å². The number of hydrogen-bond donors (Lipinski definition) is 1. The summed E-state index contributed by atoms with van der Waals surface area (Å²) in [6.07, 6.45) is 3.47. The lowest BCUT2D eigenvalue weighted by Gasteiger charge is -2.10. The van der Waals surface area contributed by atoms with Crippen LogP contribution in [-0.2, 0) is 19.4 Å². The molecule has 2 aromatic rings. The number of carbonyl (C=O) groups is 1. The number of ether oxygens (including phenoxy) is 1. The average molecular weight is 303 g/mol. The molecular weight excluding hydrogens is 288 g/mol. The van der Waals surface area contributed by atoms with Gasteiger partial charge in [-0.15, -0.1) is 0 Å². The molecule has 2 aromatic carbocycles. The molecule has 0 saturated carbocycles. The molecule has 0 bridgehead atoms. The van der Waals surface area contributed by atoms with E-state index in [4.69, 9.17) is 21.4 Å². The van der Waals surface area contributed by atoms with Gasteiger partial charge < -0.3 is 9.84 Å². The van der Waals surface area contributed by atoms with E-state index < -0.39 is 5.97 Å². The molecule has 1 aliphatic carbocycles. The lowest BCUT2D eigenvalue weighted by molar-refractivity contribution is 0.0697. The maximum absolute atomic E-state index is 10.9. The Morgan fingerprint density at radius 3 is 2.71 bits per heavy atom. The summed E-state index contributed by atoms with van der Waals surface area (Å²) in [6, 6.07) is 10.9. The van der Waals surface area contributed by atoms with Crippen LogP contribution in [0.3, 0.4) is 0 Å². The zero-order valence-electron chi connectivity index (χ0n) is 11.4. The minimum atomic E-state index is -0.983. The molecule has 0 aliphatic heterocycles. The second-order valence-electron chi connectivity index (χ2n) is 5.18. The number of fused-ring (bicyclic) bond motifs is 1. The number of aryl methyl sites for hydroxylation is 2. The number of aromatic carboxylic acids is 1. The third-order valence-electron chi connectivity index (χ3n) is 3.76. The van der Waals surface area contributed by atoms with Gasteiger partial charge in [0.1, 0.15) is 12.4 Å². The molecule has 0 amide bonds. The molecule has 4 heteroatoms. The van der Waals surface area contributed by atoms with Gasteiger partial charge in [-0.25, -0.2) is 4.79 Å². The lowest BCUT2D eigenvalue weighted by Crippen LogP contribution is -2.00. The quantitative estimate of drug-likeness (QED) is 0.924. The molecule has 0 unspecified atom stereocenters. The number of rotatable bonds is 4. The van der Waals surface area contributed by atoms with Crippen molar-refractivity contribution in [3.8, 4) is 5.75 Å². The zero-order valence-corrected chi connectivity index (χ0v) is 12.2. The number of benzene rings is 2. The highest BCUT2D eigenvalue weighted by Crippen LogP contribution is 2.27. The Labute approximate surface area is 128 Å². The Bertz CT molecular complexity index is 694. The van der Waals surface area contributed by atoms with Crippen molar-refractivity contribution < 1.29 is 14.6 Å². The summed E-state index contributed by atoms with van der Waals surface area (Å²) in [6.45, 7) is 0.331. The standard InChI is InChI=1S/C17H15ClO3/c18-16-9-13(17(19)20)4-5-14(16)10-21-15-7-6-11-2-1-3-12(11)8-15/h4-9H,1-3,10H2,(H,19,20). The maximum Gasteiger partial charge on any atom is 0.335 e. The normalized spacial score (nSPS) is 13.0. The molecule has 21 heavy (non-hydrogen) atoms. The monoisotopic (exact) mass is 302 g/mol. The van der Waals surface area contributed by atoms with Crippen molar-refractivity contribution in [3.63, 3.8) is 0 Å². The van der Waals surface area contributed by atoms with Crippen LogP contribution in [0.25, 0.3) is 0 Å². The Morgan fingerprint density at radius 1 is 1.14 bits per heavy atom. The fraction of sp³-hybridized carbons (Fsp3) is 0.235. The Hall–Kier alpha value is -2.00. The topological polar surface area (TPSA) is 46.5 Å². The molecule has 0 saturated heterocycles. The van der Waals surface area contributed by atoms with Crippen LogP contribution in [0.5, 0.6) is 5.75 Å². The van der Waals surface area contributed by atoms with Crippen molar-refractivity contribution in [3.05, 3.63) is 63.7 Å². The van der Waals surface area contributed by atoms with Crippen LogP contribution in [0.2, 0.25) is 5.02 Å². The van der Waals surface area contributed by atoms with Gasteiger partial charge in [-0.2, -0.15) is 0 Å². The van der Waals surface area contributed by atoms with Crippen LogP contribution in [0, 0.1) is 0 Å². The van der Waals surface area contributed by atoms with E-state index in [2.05, 4.69) is 12.1 Å². The Balaban J connectivity index is 1.71. The number of carboxylic acid groups (broad SMARTS) is 1. The SMILES string of the molecule is O=C(O)c1ccc(COc2ccc3c(c2)CCC3)c(Cl)c1. The first-order chi connectivity index (χ1) is 10.1. The Kier molecular flexibility index (Phi) is 3.84. The molecule has 3 rings (SSSR count). The van der Waals surface area contributed by atoms with Gasteiger partial charge >= 0.3 is 5.97 Å². The predicted octanol–water partition coefficient (Wildman–Crippen LogP) is 4.11. The van der Waals surface area contributed by atoms with Gasteiger partial charge in [0, 0.05) is 10.6 Å². The summed E-state index contributed by atoms with van der Waals surface area (Å²) in [5.41, 5.74) is 3.73. The predicted molar refractivity (Wildman–Crippen MR) is 81.2 cm³/mol. The van der Waals surface area contributed by atoms with Crippen molar-refractivity contribution >= 4 is 17.6 Å². The number of halogens is 1. The highest BCUT2D eigenvalue weighted by atomic mass is 35.5. The number of hydrogen-bond acceptors (Lipinski definition) is 2. The second kappa shape index (κ2) is 5.78. The molecule has 0 spiro atoms. The molecular formula is C17H15ClO3. The summed E-state index contributed by atoms with van der Waals surface area (Å²) in [5, 5.41) is 9.32. The number of carboxylic acids is 1. The van der Waals surface area contributed by atoms with Gasteiger partial charge in [-0.3, -0.25) is 0 Å². The van der Waals surface area contributed by atoms with Crippen molar-refractivity contribution in [2.75, 3.05) is 0 Å². The van der Waals surface area contributed by atoms with Gasteiger partial charge in [0.2, 0.25) is 0 Å².